The second-order valence-corrected chi connectivity index (χ2v) is 3.49. The van der Waals surface area contributed by atoms with Crippen LogP contribution in [0.5, 0.6) is 0 Å². The van der Waals surface area contributed by atoms with Gasteiger partial charge < -0.3 is 0 Å². The third-order valence-corrected chi connectivity index (χ3v) is 2.24. The van der Waals surface area contributed by atoms with Gasteiger partial charge in [0.1, 0.15) is 0 Å². The summed E-state index contributed by atoms with van der Waals surface area (Å²) < 4.78 is 0. The van der Waals surface area contributed by atoms with E-state index < -0.39 is 0 Å². The number of Topliss-reactive ketones (excluding diaryl/α,β-unsaturated/α-hetero) is 1. The molecule has 74 valence electrons. The van der Waals surface area contributed by atoms with E-state index in [1.807, 2.05) is 37.3 Å². The Morgan fingerprint density at radius 2 is 2.21 bits per heavy atom. The SMILES string of the molecule is CC(=O)c1ccc(C=CCCl)c(C)c1. The average molecular weight is 209 g/mol. The Labute approximate surface area is 89.4 Å². The maximum atomic E-state index is 11.1. The number of halogens is 1. The van der Waals surface area contributed by atoms with E-state index in [0.29, 0.717) is 5.88 Å². The van der Waals surface area contributed by atoms with E-state index in [4.69, 9.17) is 11.6 Å². The number of hydrogen-bond donors (Lipinski definition) is 0. The lowest BCUT2D eigenvalue weighted by atomic mass is 10.0. The van der Waals surface area contributed by atoms with Gasteiger partial charge in [-0.05, 0) is 31.0 Å². The van der Waals surface area contributed by atoms with Gasteiger partial charge in [-0.1, -0.05) is 24.3 Å². The molecular weight excluding hydrogens is 196 g/mol. The first kappa shape index (κ1) is 11.0. The Kier molecular flexibility index (Phi) is 3.90. The maximum Gasteiger partial charge on any atom is 0.159 e. The van der Waals surface area contributed by atoms with Gasteiger partial charge in [0.25, 0.3) is 0 Å². The molecule has 0 spiro atoms. The van der Waals surface area contributed by atoms with E-state index in [-0.39, 0.29) is 5.78 Å². The van der Waals surface area contributed by atoms with E-state index in [0.717, 1.165) is 16.7 Å². The van der Waals surface area contributed by atoms with Crippen LogP contribution in [0.4, 0.5) is 0 Å². The molecular formula is C12H13ClO. The zero-order valence-corrected chi connectivity index (χ0v) is 9.14. The molecule has 1 rings (SSSR count). The maximum absolute atomic E-state index is 11.1. The Hall–Kier alpha value is -1.08. The van der Waals surface area contributed by atoms with Crippen molar-refractivity contribution in [1.82, 2.24) is 0 Å². The molecule has 0 radical (unpaired) electrons. The molecule has 0 aliphatic rings. The normalized spacial score (nSPS) is 10.8. The average Bonchev–Trinajstić information content (AvgIpc) is 2.15. The summed E-state index contributed by atoms with van der Waals surface area (Å²) in [5, 5.41) is 0. The minimum atomic E-state index is 0.0981. The zero-order chi connectivity index (χ0) is 10.6. The molecule has 1 nitrogen and oxygen atoms in total. The molecule has 0 aromatic heterocycles. The standard InChI is InChI=1S/C12H13ClO/c1-9-8-12(10(2)14)6-5-11(9)4-3-7-13/h3-6,8H,7H2,1-2H3. The first-order chi connectivity index (χ1) is 6.65. The van der Waals surface area contributed by atoms with Crippen molar-refractivity contribution in [3.63, 3.8) is 0 Å². The topological polar surface area (TPSA) is 17.1 Å². The third-order valence-electron chi connectivity index (χ3n) is 2.06. The highest BCUT2D eigenvalue weighted by atomic mass is 35.5. The van der Waals surface area contributed by atoms with Gasteiger partial charge in [0.05, 0.1) is 0 Å². The van der Waals surface area contributed by atoms with Gasteiger partial charge >= 0.3 is 0 Å². The molecule has 0 unspecified atom stereocenters. The van der Waals surface area contributed by atoms with E-state index in [9.17, 15) is 4.79 Å². The van der Waals surface area contributed by atoms with Crippen LogP contribution in [-0.4, -0.2) is 11.7 Å². The lowest BCUT2D eigenvalue weighted by Crippen LogP contribution is -1.93. The molecule has 0 fully saturated rings. The van der Waals surface area contributed by atoms with Crippen LogP contribution >= 0.6 is 11.6 Å². The molecule has 0 heterocycles. The van der Waals surface area contributed by atoms with Crippen LogP contribution in [0.3, 0.4) is 0 Å². The van der Waals surface area contributed by atoms with Crippen LogP contribution in [-0.2, 0) is 0 Å². The van der Waals surface area contributed by atoms with E-state index >= 15 is 0 Å². The van der Waals surface area contributed by atoms with Gasteiger partial charge in [0, 0.05) is 11.4 Å². The molecule has 0 aliphatic carbocycles. The van der Waals surface area contributed by atoms with Crippen LogP contribution in [0, 0.1) is 6.92 Å². The smallest absolute Gasteiger partial charge is 0.159 e. The number of allylic oxidation sites excluding steroid dienone is 1. The van der Waals surface area contributed by atoms with Crippen LogP contribution < -0.4 is 0 Å². The molecule has 0 aliphatic heterocycles. The summed E-state index contributed by atoms with van der Waals surface area (Å²) in [4.78, 5) is 11.1. The number of aryl methyl sites for hydroxylation is 1. The van der Waals surface area contributed by atoms with Crippen molar-refractivity contribution >= 4 is 23.5 Å². The molecule has 0 saturated heterocycles. The quantitative estimate of drug-likeness (QED) is 0.549. The minimum Gasteiger partial charge on any atom is -0.295 e. The molecule has 1 aromatic rings. The monoisotopic (exact) mass is 208 g/mol. The van der Waals surface area contributed by atoms with Crippen molar-refractivity contribution in [2.45, 2.75) is 13.8 Å². The fraction of sp³-hybridized carbons (Fsp3) is 0.250. The molecule has 1 aromatic carbocycles. The predicted molar refractivity (Wildman–Crippen MR) is 60.9 cm³/mol. The highest BCUT2D eigenvalue weighted by molar-refractivity contribution is 6.19. The molecule has 0 bridgehead atoms. The summed E-state index contributed by atoms with van der Waals surface area (Å²) in [7, 11) is 0. The highest BCUT2D eigenvalue weighted by Crippen LogP contribution is 2.13. The molecule has 0 atom stereocenters. The molecule has 0 N–H and O–H groups in total. The van der Waals surface area contributed by atoms with Gasteiger partial charge in [0.15, 0.2) is 5.78 Å². The number of benzene rings is 1. The first-order valence-electron chi connectivity index (χ1n) is 4.49. The number of ketones is 1. The zero-order valence-electron chi connectivity index (χ0n) is 8.38. The fourth-order valence-electron chi connectivity index (χ4n) is 1.25. The molecule has 2 heteroatoms. The first-order valence-corrected chi connectivity index (χ1v) is 5.02. The van der Waals surface area contributed by atoms with E-state index in [1.165, 1.54) is 0 Å². The summed E-state index contributed by atoms with van der Waals surface area (Å²) >= 11 is 5.54. The van der Waals surface area contributed by atoms with Gasteiger partial charge in [-0.15, -0.1) is 11.6 Å². The van der Waals surface area contributed by atoms with Crippen molar-refractivity contribution < 1.29 is 4.79 Å². The van der Waals surface area contributed by atoms with Crippen molar-refractivity contribution in [3.05, 3.63) is 41.0 Å². The largest absolute Gasteiger partial charge is 0.295 e. The lowest BCUT2D eigenvalue weighted by Gasteiger charge is -2.02. The summed E-state index contributed by atoms with van der Waals surface area (Å²) in [5.41, 5.74) is 2.96. The number of hydrogen-bond acceptors (Lipinski definition) is 1. The number of alkyl halides is 1. The van der Waals surface area contributed by atoms with Crippen LogP contribution in [0.2, 0.25) is 0 Å². The van der Waals surface area contributed by atoms with Gasteiger partial charge in [-0.2, -0.15) is 0 Å². The number of rotatable bonds is 3. The Balaban J connectivity index is 3.01. The van der Waals surface area contributed by atoms with Crippen LogP contribution in [0.25, 0.3) is 6.08 Å². The van der Waals surface area contributed by atoms with E-state index in [2.05, 4.69) is 0 Å². The summed E-state index contributed by atoms with van der Waals surface area (Å²) in [6, 6.07) is 5.68. The number of carbonyl (C=O) groups is 1. The Bertz CT molecular complexity index is 367. The van der Waals surface area contributed by atoms with Crippen molar-refractivity contribution in [2.24, 2.45) is 0 Å². The van der Waals surface area contributed by atoms with Crippen molar-refractivity contribution in [2.75, 3.05) is 5.88 Å². The third kappa shape index (κ3) is 2.71. The fourth-order valence-corrected chi connectivity index (χ4v) is 1.34. The predicted octanol–water partition coefficient (Wildman–Crippen LogP) is 3.45. The second kappa shape index (κ2) is 4.97. The Morgan fingerprint density at radius 1 is 1.50 bits per heavy atom. The summed E-state index contributed by atoms with van der Waals surface area (Å²) in [6.07, 6.45) is 3.85. The minimum absolute atomic E-state index is 0.0981. The van der Waals surface area contributed by atoms with Crippen LogP contribution in [0.1, 0.15) is 28.4 Å². The summed E-state index contributed by atoms with van der Waals surface area (Å²) in [5.74, 6) is 0.606. The van der Waals surface area contributed by atoms with Crippen molar-refractivity contribution in [1.29, 1.82) is 0 Å². The summed E-state index contributed by atoms with van der Waals surface area (Å²) in [6.45, 7) is 3.56. The highest BCUT2D eigenvalue weighted by Gasteiger charge is 2.00. The van der Waals surface area contributed by atoms with Crippen molar-refractivity contribution in [3.8, 4) is 0 Å². The van der Waals surface area contributed by atoms with Gasteiger partial charge in [-0.3, -0.25) is 4.79 Å². The van der Waals surface area contributed by atoms with E-state index in [1.54, 1.807) is 6.92 Å². The Morgan fingerprint density at radius 3 is 2.71 bits per heavy atom. The second-order valence-electron chi connectivity index (χ2n) is 3.18. The number of carbonyl (C=O) groups excluding carboxylic acids is 1. The lowest BCUT2D eigenvalue weighted by molar-refractivity contribution is 0.101. The van der Waals surface area contributed by atoms with Gasteiger partial charge in [-0.25, -0.2) is 0 Å². The van der Waals surface area contributed by atoms with Gasteiger partial charge in [0.2, 0.25) is 0 Å². The molecule has 0 saturated carbocycles. The molecule has 14 heavy (non-hydrogen) atoms. The molecule has 0 amide bonds. The van der Waals surface area contributed by atoms with Crippen LogP contribution in [0.15, 0.2) is 24.3 Å².